The minimum atomic E-state index is -0.869. The van der Waals surface area contributed by atoms with Crippen LogP contribution in [-0.2, 0) is 28.4 Å². The van der Waals surface area contributed by atoms with Gasteiger partial charge in [-0.3, -0.25) is 0 Å². The average molecular weight is 364 g/mol. The van der Waals surface area contributed by atoms with E-state index in [1.165, 1.54) is 0 Å². The second-order valence-electron chi connectivity index (χ2n) is 7.67. The lowest BCUT2D eigenvalue weighted by molar-refractivity contribution is -0.235. The highest BCUT2D eigenvalue weighted by molar-refractivity contribution is 5.89. The van der Waals surface area contributed by atoms with E-state index in [1.54, 1.807) is 24.3 Å². The van der Waals surface area contributed by atoms with E-state index in [9.17, 15) is 4.79 Å². The highest BCUT2D eigenvalue weighted by atomic mass is 16.8. The van der Waals surface area contributed by atoms with Crippen LogP contribution in [0.5, 0.6) is 0 Å². The quantitative estimate of drug-likeness (QED) is 0.762. The Kier molecular flexibility index (Phi) is 4.32. The van der Waals surface area contributed by atoms with Crippen molar-refractivity contribution in [3.05, 3.63) is 35.9 Å². The average Bonchev–Trinajstić information content (AvgIpc) is 3.19. The Morgan fingerprint density at radius 2 is 1.65 bits per heavy atom. The first-order chi connectivity index (χ1) is 12.2. The van der Waals surface area contributed by atoms with Crippen LogP contribution < -0.4 is 0 Å². The molecule has 7 heteroatoms. The van der Waals surface area contributed by atoms with Crippen molar-refractivity contribution >= 4 is 5.97 Å². The summed E-state index contributed by atoms with van der Waals surface area (Å²) in [6.07, 6.45) is -2.56. The predicted octanol–water partition coefficient (Wildman–Crippen LogP) is 2.24. The van der Waals surface area contributed by atoms with Gasteiger partial charge in [0.15, 0.2) is 17.7 Å². The van der Waals surface area contributed by atoms with Crippen LogP contribution in [0.1, 0.15) is 38.1 Å². The Hall–Kier alpha value is -1.51. The lowest BCUT2D eigenvalue weighted by Gasteiger charge is -2.26. The third-order valence-electron chi connectivity index (χ3n) is 4.68. The van der Waals surface area contributed by atoms with Crippen molar-refractivity contribution in [3.63, 3.8) is 0 Å². The van der Waals surface area contributed by atoms with Crippen LogP contribution in [0.2, 0.25) is 0 Å². The van der Waals surface area contributed by atoms with Crippen LogP contribution in [0.15, 0.2) is 30.3 Å². The van der Waals surface area contributed by atoms with E-state index in [2.05, 4.69) is 0 Å². The maximum atomic E-state index is 12.4. The molecule has 0 radical (unpaired) electrons. The smallest absolute Gasteiger partial charge is 0.340 e. The molecule has 0 amide bonds. The number of carbonyl (C=O) groups is 1. The number of ether oxygens (including phenoxy) is 6. The zero-order chi connectivity index (χ0) is 18.5. The van der Waals surface area contributed by atoms with E-state index in [4.69, 9.17) is 28.4 Å². The van der Waals surface area contributed by atoms with Gasteiger partial charge in [0.1, 0.15) is 18.3 Å². The minimum Gasteiger partial charge on any atom is -0.429 e. The van der Waals surface area contributed by atoms with Crippen molar-refractivity contribution in [2.75, 3.05) is 6.61 Å². The fourth-order valence-corrected chi connectivity index (χ4v) is 3.61. The third-order valence-corrected chi connectivity index (χ3v) is 4.68. The SMILES string of the molecule is CC1(C)O[C@@H]2[C@H](O1)[C@H](OC(=O)c1ccccc1)O[C@@H]2[C@H]1COC(C)(C)O1. The molecule has 1 aromatic carbocycles. The van der Waals surface area contributed by atoms with E-state index in [0.717, 1.165) is 0 Å². The first-order valence-corrected chi connectivity index (χ1v) is 8.83. The van der Waals surface area contributed by atoms with Crippen LogP contribution >= 0.6 is 0 Å². The van der Waals surface area contributed by atoms with Gasteiger partial charge in [-0.05, 0) is 39.8 Å². The highest BCUT2D eigenvalue weighted by Gasteiger charge is 2.60. The second-order valence-corrected chi connectivity index (χ2v) is 7.67. The van der Waals surface area contributed by atoms with E-state index in [1.807, 2.05) is 33.8 Å². The minimum absolute atomic E-state index is 0.324. The number of carbonyl (C=O) groups excluding carboxylic acids is 1. The Morgan fingerprint density at radius 1 is 0.962 bits per heavy atom. The molecule has 3 aliphatic rings. The zero-order valence-corrected chi connectivity index (χ0v) is 15.3. The van der Waals surface area contributed by atoms with Crippen LogP contribution in [-0.4, -0.2) is 54.9 Å². The van der Waals surface area contributed by atoms with Gasteiger partial charge in [0.25, 0.3) is 0 Å². The number of benzene rings is 1. The standard InChI is InChI=1S/C19H24O7/c1-18(2)21-10-12(24-18)13-14-15(26-19(3,4)25-14)17(22-13)23-16(20)11-8-6-5-7-9-11/h5-9,12-15,17H,10H2,1-4H3/t12-,13-,14+,15+,17+/m1/s1. The van der Waals surface area contributed by atoms with E-state index >= 15 is 0 Å². The molecular weight excluding hydrogens is 340 g/mol. The summed E-state index contributed by atoms with van der Waals surface area (Å²) in [7, 11) is 0. The van der Waals surface area contributed by atoms with E-state index in [0.29, 0.717) is 12.2 Å². The molecule has 26 heavy (non-hydrogen) atoms. The Bertz CT molecular complexity index is 672. The summed E-state index contributed by atoms with van der Waals surface area (Å²) in [4.78, 5) is 12.4. The molecule has 4 rings (SSSR count). The van der Waals surface area contributed by atoms with Gasteiger partial charge in [-0.1, -0.05) is 18.2 Å². The topological polar surface area (TPSA) is 72.5 Å². The number of hydrogen-bond donors (Lipinski definition) is 0. The van der Waals surface area contributed by atoms with Crippen molar-refractivity contribution in [2.45, 2.75) is 70.0 Å². The molecule has 142 valence electrons. The number of rotatable bonds is 3. The molecule has 0 N–H and O–H groups in total. The molecule has 0 saturated carbocycles. The van der Waals surface area contributed by atoms with Gasteiger partial charge in [0.2, 0.25) is 6.29 Å². The molecule has 0 aliphatic carbocycles. The third kappa shape index (κ3) is 3.37. The number of esters is 1. The maximum absolute atomic E-state index is 12.4. The summed E-state index contributed by atoms with van der Waals surface area (Å²) in [5.74, 6) is -1.94. The van der Waals surface area contributed by atoms with Gasteiger partial charge >= 0.3 is 5.97 Å². The molecule has 3 aliphatic heterocycles. The molecule has 0 bridgehead atoms. The normalized spacial score (nSPS) is 37.5. The van der Waals surface area contributed by atoms with Crippen LogP contribution in [0.3, 0.4) is 0 Å². The molecule has 5 atom stereocenters. The molecule has 1 aromatic rings. The van der Waals surface area contributed by atoms with Crippen LogP contribution in [0.4, 0.5) is 0 Å². The molecule has 7 nitrogen and oxygen atoms in total. The first kappa shape index (κ1) is 17.9. The summed E-state index contributed by atoms with van der Waals surface area (Å²) < 4.78 is 35.1. The molecule has 3 saturated heterocycles. The molecule has 0 unspecified atom stereocenters. The largest absolute Gasteiger partial charge is 0.429 e. The van der Waals surface area contributed by atoms with Gasteiger partial charge in [0.05, 0.1) is 12.2 Å². The van der Waals surface area contributed by atoms with Gasteiger partial charge in [0, 0.05) is 0 Å². The Labute approximate surface area is 152 Å². The second kappa shape index (κ2) is 6.28. The number of fused-ring (bicyclic) bond motifs is 1. The fourth-order valence-electron chi connectivity index (χ4n) is 3.61. The molecular formula is C19H24O7. The molecule has 3 fully saturated rings. The molecule has 0 spiro atoms. The summed E-state index contributed by atoms with van der Waals surface area (Å²) in [5.41, 5.74) is 0.454. The summed E-state index contributed by atoms with van der Waals surface area (Å²) in [6.45, 7) is 7.73. The highest BCUT2D eigenvalue weighted by Crippen LogP contribution is 2.42. The van der Waals surface area contributed by atoms with Gasteiger partial charge in [-0.15, -0.1) is 0 Å². The summed E-state index contributed by atoms with van der Waals surface area (Å²) >= 11 is 0. The molecule has 0 aromatic heterocycles. The maximum Gasteiger partial charge on any atom is 0.340 e. The monoisotopic (exact) mass is 364 g/mol. The summed E-state index contributed by atoms with van der Waals surface area (Å²) in [5, 5.41) is 0. The van der Waals surface area contributed by atoms with Gasteiger partial charge < -0.3 is 28.4 Å². The lowest BCUT2D eigenvalue weighted by Crippen LogP contribution is -2.40. The van der Waals surface area contributed by atoms with Crippen molar-refractivity contribution in [3.8, 4) is 0 Å². The summed E-state index contributed by atoms with van der Waals surface area (Å²) in [6, 6.07) is 8.78. The number of hydrogen-bond acceptors (Lipinski definition) is 7. The lowest BCUT2D eigenvalue weighted by atomic mass is 10.1. The first-order valence-electron chi connectivity index (χ1n) is 8.83. The fraction of sp³-hybridized carbons (Fsp3) is 0.632. The van der Waals surface area contributed by atoms with Crippen LogP contribution in [0, 0.1) is 0 Å². The van der Waals surface area contributed by atoms with Gasteiger partial charge in [-0.25, -0.2) is 4.79 Å². The van der Waals surface area contributed by atoms with Crippen molar-refractivity contribution < 1.29 is 33.2 Å². The van der Waals surface area contributed by atoms with Crippen molar-refractivity contribution in [1.29, 1.82) is 0 Å². The zero-order valence-electron chi connectivity index (χ0n) is 15.3. The Balaban J connectivity index is 1.51. The van der Waals surface area contributed by atoms with Gasteiger partial charge in [-0.2, -0.15) is 0 Å². The Morgan fingerprint density at radius 3 is 2.31 bits per heavy atom. The molecule has 3 heterocycles. The van der Waals surface area contributed by atoms with E-state index in [-0.39, 0.29) is 6.10 Å². The van der Waals surface area contributed by atoms with Crippen molar-refractivity contribution in [2.24, 2.45) is 0 Å². The van der Waals surface area contributed by atoms with Crippen LogP contribution in [0.25, 0.3) is 0 Å². The van der Waals surface area contributed by atoms with Crippen molar-refractivity contribution in [1.82, 2.24) is 0 Å². The predicted molar refractivity (Wildman–Crippen MR) is 89.2 cm³/mol. The van der Waals surface area contributed by atoms with E-state index < -0.39 is 42.1 Å².